The van der Waals surface area contributed by atoms with E-state index < -0.39 is 0 Å². The second-order valence-electron chi connectivity index (χ2n) is 5.05. The summed E-state index contributed by atoms with van der Waals surface area (Å²) in [5.41, 5.74) is 2.38. The van der Waals surface area contributed by atoms with Crippen LogP contribution in [0.15, 0.2) is 6.33 Å². The van der Waals surface area contributed by atoms with Gasteiger partial charge in [-0.05, 0) is 32.6 Å². The molecule has 1 atom stereocenters. The molecule has 1 aliphatic carbocycles. The molecule has 1 unspecified atom stereocenters. The van der Waals surface area contributed by atoms with Crippen LogP contribution in [-0.2, 0) is 17.6 Å². The molecule has 2 N–H and O–H groups in total. The molecule has 1 aromatic heterocycles. The predicted octanol–water partition coefficient (Wildman–Crippen LogP) is 1.68. The maximum atomic E-state index is 11.7. The molecule has 5 nitrogen and oxygen atoms in total. The van der Waals surface area contributed by atoms with Crippen molar-refractivity contribution in [3.63, 3.8) is 0 Å². The Labute approximate surface area is 114 Å². The predicted molar refractivity (Wildman–Crippen MR) is 75.1 cm³/mol. The lowest BCUT2D eigenvalue weighted by molar-refractivity contribution is -0.121. The highest BCUT2D eigenvalue weighted by atomic mass is 16.1. The first-order valence-electron chi connectivity index (χ1n) is 7.06. The van der Waals surface area contributed by atoms with E-state index in [9.17, 15) is 4.79 Å². The molecule has 1 aliphatic rings. The van der Waals surface area contributed by atoms with Crippen molar-refractivity contribution >= 4 is 11.7 Å². The highest BCUT2D eigenvalue weighted by Gasteiger charge is 2.16. The van der Waals surface area contributed by atoms with Crippen LogP contribution < -0.4 is 10.6 Å². The summed E-state index contributed by atoms with van der Waals surface area (Å²) in [7, 11) is 0. The van der Waals surface area contributed by atoms with Crippen molar-refractivity contribution in [2.75, 3.05) is 11.9 Å². The summed E-state index contributed by atoms with van der Waals surface area (Å²) >= 11 is 0. The molecule has 0 bridgehead atoms. The third-order valence-corrected chi connectivity index (χ3v) is 3.54. The number of hydrogen-bond donors (Lipinski definition) is 2. The molecule has 0 aromatic carbocycles. The lowest BCUT2D eigenvalue weighted by atomic mass is 10.2. The molecule has 0 saturated carbocycles. The summed E-state index contributed by atoms with van der Waals surface area (Å²) in [5.74, 6) is 0.992. The van der Waals surface area contributed by atoms with Crippen LogP contribution in [0.4, 0.5) is 5.82 Å². The van der Waals surface area contributed by atoms with E-state index in [0.29, 0.717) is 13.0 Å². The zero-order chi connectivity index (χ0) is 13.7. The van der Waals surface area contributed by atoms with E-state index in [1.54, 1.807) is 6.33 Å². The Morgan fingerprint density at radius 3 is 3.05 bits per heavy atom. The van der Waals surface area contributed by atoms with E-state index in [0.717, 1.165) is 37.2 Å². The van der Waals surface area contributed by atoms with Crippen molar-refractivity contribution < 1.29 is 4.79 Å². The van der Waals surface area contributed by atoms with Crippen LogP contribution in [0, 0.1) is 0 Å². The normalized spacial score (nSPS) is 14.8. The largest absolute Gasteiger partial charge is 0.369 e. The maximum Gasteiger partial charge on any atom is 0.221 e. The molecule has 1 heterocycles. The van der Waals surface area contributed by atoms with Crippen molar-refractivity contribution in [1.82, 2.24) is 15.3 Å². The van der Waals surface area contributed by atoms with Gasteiger partial charge in [-0.2, -0.15) is 0 Å². The Morgan fingerprint density at radius 1 is 1.42 bits per heavy atom. The highest BCUT2D eigenvalue weighted by Crippen LogP contribution is 2.24. The van der Waals surface area contributed by atoms with Crippen LogP contribution in [0.25, 0.3) is 0 Å². The van der Waals surface area contributed by atoms with Gasteiger partial charge in [0.25, 0.3) is 0 Å². The van der Waals surface area contributed by atoms with Gasteiger partial charge in [-0.3, -0.25) is 4.79 Å². The first-order valence-corrected chi connectivity index (χ1v) is 7.06. The topological polar surface area (TPSA) is 66.9 Å². The van der Waals surface area contributed by atoms with Crippen molar-refractivity contribution in [3.05, 3.63) is 17.6 Å². The molecular formula is C14H22N4O. The van der Waals surface area contributed by atoms with E-state index in [2.05, 4.69) is 27.5 Å². The third kappa shape index (κ3) is 3.66. The van der Waals surface area contributed by atoms with Crippen LogP contribution in [0.3, 0.4) is 0 Å². The lowest BCUT2D eigenvalue weighted by Crippen LogP contribution is -2.33. The number of nitrogens with one attached hydrogen (secondary N) is 2. The van der Waals surface area contributed by atoms with Gasteiger partial charge < -0.3 is 10.6 Å². The van der Waals surface area contributed by atoms with E-state index in [1.807, 2.05) is 6.92 Å². The van der Waals surface area contributed by atoms with Gasteiger partial charge in [0, 0.05) is 30.3 Å². The quantitative estimate of drug-likeness (QED) is 0.818. The molecule has 0 saturated heterocycles. The van der Waals surface area contributed by atoms with Gasteiger partial charge >= 0.3 is 0 Å². The number of amides is 1. The van der Waals surface area contributed by atoms with Crippen molar-refractivity contribution in [2.45, 2.75) is 52.0 Å². The van der Waals surface area contributed by atoms with Crippen molar-refractivity contribution in [3.8, 4) is 0 Å². The Bertz CT molecular complexity index is 447. The van der Waals surface area contributed by atoms with Crippen molar-refractivity contribution in [2.24, 2.45) is 0 Å². The summed E-state index contributed by atoms with van der Waals surface area (Å²) in [5, 5.41) is 6.21. The molecule has 19 heavy (non-hydrogen) atoms. The fraction of sp³-hybridized carbons (Fsp3) is 0.643. The fourth-order valence-corrected chi connectivity index (χ4v) is 2.26. The van der Waals surface area contributed by atoms with Crippen LogP contribution in [0.1, 0.15) is 44.4 Å². The monoisotopic (exact) mass is 262 g/mol. The number of aromatic nitrogens is 2. The van der Waals surface area contributed by atoms with Crippen LogP contribution in [0.5, 0.6) is 0 Å². The molecule has 1 amide bonds. The number of anilines is 1. The summed E-state index contributed by atoms with van der Waals surface area (Å²) in [6.07, 6.45) is 6.27. The first kappa shape index (κ1) is 13.8. The zero-order valence-corrected chi connectivity index (χ0v) is 11.7. The first-order chi connectivity index (χ1) is 9.20. The summed E-state index contributed by atoms with van der Waals surface area (Å²) in [4.78, 5) is 20.2. The minimum Gasteiger partial charge on any atom is -0.369 e. The Balaban J connectivity index is 1.80. The lowest BCUT2D eigenvalue weighted by Gasteiger charge is -2.12. The number of rotatable bonds is 6. The standard InChI is InChI=1S/C14H22N4O/c1-3-10(2)18-13(19)7-8-15-14-11-5-4-6-12(11)16-9-17-14/h9-10H,3-8H2,1-2H3,(H,18,19)(H,15,16,17). The molecule has 2 rings (SSSR count). The van der Waals surface area contributed by atoms with E-state index in [4.69, 9.17) is 0 Å². The third-order valence-electron chi connectivity index (χ3n) is 3.54. The van der Waals surface area contributed by atoms with Gasteiger partial charge in [-0.25, -0.2) is 9.97 Å². The number of carbonyl (C=O) groups is 1. The molecule has 0 aliphatic heterocycles. The van der Waals surface area contributed by atoms with E-state index >= 15 is 0 Å². The van der Waals surface area contributed by atoms with Crippen molar-refractivity contribution in [1.29, 1.82) is 0 Å². The molecular weight excluding hydrogens is 240 g/mol. The smallest absolute Gasteiger partial charge is 0.221 e. The van der Waals surface area contributed by atoms with E-state index in [-0.39, 0.29) is 11.9 Å². The average molecular weight is 262 g/mol. The number of nitrogens with zero attached hydrogens (tertiary/aromatic N) is 2. The SMILES string of the molecule is CCC(C)NC(=O)CCNc1ncnc2c1CCC2. The number of hydrogen-bond acceptors (Lipinski definition) is 4. The maximum absolute atomic E-state index is 11.7. The molecule has 0 fully saturated rings. The minimum absolute atomic E-state index is 0.0903. The van der Waals surface area contributed by atoms with Gasteiger partial charge in [0.05, 0.1) is 0 Å². The van der Waals surface area contributed by atoms with Gasteiger partial charge in [0.2, 0.25) is 5.91 Å². The molecule has 0 radical (unpaired) electrons. The van der Waals surface area contributed by atoms with Crippen LogP contribution in [-0.4, -0.2) is 28.5 Å². The molecule has 5 heteroatoms. The second-order valence-corrected chi connectivity index (χ2v) is 5.05. The second kappa shape index (κ2) is 6.50. The van der Waals surface area contributed by atoms with Crippen LogP contribution >= 0.6 is 0 Å². The number of fused-ring (bicyclic) bond motifs is 1. The van der Waals surface area contributed by atoms with Crippen LogP contribution in [0.2, 0.25) is 0 Å². The van der Waals surface area contributed by atoms with Gasteiger partial charge in [-0.15, -0.1) is 0 Å². The van der Waals surface area contributed by atoms with Gasteiger partial charge in [0.1, 0.15) is 12.1 Å². The molecule has 104 valence electrons. The zero-order valence-electron chi connectivity index (χ0n) is 11.7. The number of aryl methyl sites for hydroxylation is 1. The average Bonchev–Trinajstić information content (AvgIpc) is 2.87. The summed E-state index contributed by atoms with van der Waals surface area (Å²) < 4.78 is 0. The Hall–Kier alpha value is -1.65. The molecule has 0 spiro atoms. The van der Waals surface area contributed by atoms with Gasteiger partial charge in [-0.1, -0.05) is 6.92 Å². The highest BCUT2D eigenvalue weighted by molar-refractivity contribution is 5.76. The van der Waals surface area contributed by atoms with E-state index in [1.165, 1.54) is 5.56 Å². The number of carbonyl (C=O) groups excluding carboxylic acids is 1. The van der Waals surface area contributed by atoms with Gasteiger partial charge in [0.15, 0.2) is 0 Å². The minimum atomic E-state index is 0.0903. The summed E-state index contributed by atoms with van der Waals surface area (Å²) in [6.45, 7) is 4.70. The summed E-state index contributed by atoms with van der Waals surface area (Å²) in [6, 6.07) is 0.246. The Kier molecular flexibility index (Phi) is 4.71. The Morgan fingerprint density at radius 2 is 2.26 bits per heavy atom. The fourth-order valence-electron chi connectivity index (χ4n) is 2.26. The molecule has 1 aromatic rings.